The van der Waals surface area contributed by atoms with Crippen LogP contribution in [0, 0.1) is 0 Å². The van der Waals surface area contributed by atoms with Crippen LogP contribution in [0.5, 0.6) is 0 Å². The number of anilines is 2. The van der Waals surface area contributed by atoms with Gasteiger partial charge in [0.15, 0.2) is 0 Å². The number of aromatic nitrogens is 2. The normalized spacial score (nSPS) is 12.2. The molecule has 0 saturated heterocycles. The number of rotatable bonds is 6. The predicted molar refractivity (Wildman–Crippen MR) is 66.9 cm³/mol. The van der Waals surface area contributed by atoms with Gasteiger partial charge in [-0.1, -0.05) is 13.3 Å². The van der Waals surface area contributed by atoms with Crippen LogP contribution in [0.4, 0.5) is 11.8 Å². The number of aliphatic hydroxyl groups is 1. The molecule has 5 N–H and O–H groups in total. The van der Waals surface area contributed by atoms with Gasteiger partial charge in [0.05, 0.1) is 10.6 Å². The van der Waals surface area contributed by atoms with E-state index in [0.717, 1.165) is 17.3 Å². The van der Waals surface area contributed by atoms with Crippen LogP contribution in [0.15, 0.2) is 10.7 Å². The maximum Gasteiger partial charge on any atom is 0.239 e. The molecular formula is C9H16BrN5O. The van der Waals surface area contributed by atoms with Crippen LogP contribution in [0.1, 0.15) is 19.8 Å². The lowest BCUT2D eigenvalue weighted by Crippen LogP contribution is -2.20. The van der Waals surface area contributed by atoms with Crippen LogP contribution in [-0.2, 0) is 0 Å². The SMILES string of the molecule is CCCC(O)CNc1nc(NN)ncc1Br. The third kappa shape index (κ3) is 3.92. The fourth-order valence-corrected chi connectivity index (χ4v) is 1.54. The van der Waals surface area contributed by atoms with Crippen LogP contribution in [-0.4, -0.2) is 27.7 Å². The van der Waals surface area contributed by atoms with Crippen molar-refractivity contribution in [2.45, 2.75) is 25.9 Å². The standard InChI is InChI=1S/C9H16BrN5O/c1-2-3-6(16)4-12-8-7(10)5-13-9(14-8)15-11/h5-6,16H,2-4,11H2,1H3,(H2,12,13,14,15). The molecule has 16 heavy (non-hydrogen) atoms. The Balaban J connectivity index is 2.58. The maximum atomic E-state index is 9.57. The minimum atomic E-state index is -0.374. The van der Waals surface area contributed by atoms with E-state index in [4.69, 9.17) is 5.84 Å². The molecule has 0 saturated carbocycles. The molecule has 90 valence electrons. The molecule has 1 rings (SSSR count). The van der Waals surface area contributed by atoms with Gasteiger partial charge in [-0.05, 0) is 22.4 Å². The summed E-state index contributed by atoms with van der Waals surface area (Å²) in [6, 6.07) is 0. The van der Waals surface area contributed by atoms with Crippen molar-refractivity contribution in [3.05, 3.63) is 10.7 Å². The maximum absolute atomic E-state index is 9.57. The largest absolute Gasteiger partial charge is 0.391 e. The second kappa shape index (κ2) is 6.62. The lowest BCUT2D eigenvalue weighted by molar-refractivity contribution is 0.176. The second-order valence-corrected chi connectivity index (χ2v) is 4.21. The van der Waals surface area contributed by atoms with Gasteiger partial charge in [-0.25, -0.2) is 10.8 Å². The molecule has 0 radical (unpaired) electrons. The number of hydrogen-bond donors (Lipinski definition) is 4. The summed E-state index contributed by atoms with van der Waals surface area (Å²) >= 11 is 3.31. The van der Waals surface area contributed by atoms with Gasteiger partial charge in [-0.3, -0.25) is 5.43 Å². The summed E-state index contributed by atoms with van der Waals surface area (Å²) in [5, 5.41) is 12.6. The lowest BCUT2D eigenvalue weighted by atomic mass is 10.2. The molecule has 1 unspecified atom stereocenters. The van der Waals surface area contributed by atoms with Crippen molar-refractivity contribution in [2.24, 2.45) is 5.84 Å². The van der Waals surface area contributed by atoms with Gasteiger partial charge in [-0.2, -0.15) is 4.98 Å². The molecule has 7 heteroatoms. The van der Waals surface area contributed by atoms with E-state index in [1.165, 1.54) is 0 Å². The number of aliphatic hydroxyl groups excluding tert-OH is 1. The molecule has 0 spiro atoms. The van der Waals surface area contributed by atoms with E-state index in [1.54, 1.807) is 6.20 Å². The summed E-state index contributed by atoms with van der Waals surface area (Å²) in [5.41, 5.74) is 2.36. The molecule has 1 heterocycles. The van der Waals surface area contributed by atoms with E-state index >= 15 is 0 Å². The van der Waals surface area contributed by atoms with Crippen LogP contribution in [0.3, 0.4) is 0 Å². The Labute approximate surface area is 103 Å². The molecular weight excluding hydrogens is 274 g/mol. The van der Waals surface area contributed by atoms with Gasteiger partial charge in [0.1, 0.15) is 5.82 Å². The Kier molecular flexibility index (Phi) is 5.44. The van der Waals surface area contributed by atoms with E-state index in [9.17, 15) is 5.11 Å². The zero-order chi connectivity index (χ0) is 12.0. The van der Waals surface area contributed by atoms with Crippen molar-refractivity contribution in [3.8, 4) is 0 Å². The summed E-state index contributed by atoms with van der Waals surface area (Å²) in [6.45, 7) is 2.48. The molecule has 0 aliphatic rings. The van der Waals surface area contributed by atoms with Crippen molar-refractivity contribution in [3.63, 3.8) is 0 Å². The number of nitrogen functional groups attached to an aromatic ring is 1. The molecule has 1 aromatic heterocycles. The highest BCUT2D eigenvalue weighted by Crippen LogP contribution is 2.19. The molecule has 0 aliphatic carbocycles. The molecule has 0 aromatic carbocycles. The van der Waals surface area contributed by atoms with Crippen LogP contribution >= 0.6 is 15.9 Å². The Morgan fingerprint density at radius 2 is 2.38 bits per heavy atom. The van der Waals surface area contributed by atoms with E-state index in [-0.39, 0.29) is 6.10 Å². The number of nitrogens with zero attached hydrogens (tertiary/aromatic N) is 2. The van der Waals surface area contributed by atoms with Crippen LogP contribution in [0.25, 0.3) is 0 Å². The number of nitrogens with two attached hydrogens (primary N) is 1. The highest BCUT2D eigenvalue weighted by Gasteiger charge is 2.07. The average molecular weight is 290 g/mol. The van der Waals surface area contributed by atoms with Crippen LogP contribution in [0.2, 0.25) is 0 Å². The van der Waals surface area contributed by atoms with E-state index in [1.807, 2.05) is 6.92 Å². The molecule has 1 aromatic rings. The third-order valence-corrected chi connectivity index (χ3v) is 2.58. The Hall–Kier alpha value is -0.920. The van der Waals surface area contributed by atoms with Crippen molar-refractivity contribution < 1.29 is 5.11 Å². The molecule has 0 bridgehead atoms. The minimum Gasteiger partial charge on any atom is -0.391 e. The molecule has 0 fully saturated rings. The quantitative estimate of drug-likeness (QED) is 0.463. The smallest absolute Gasteiger partial charge is 0.239 e. The van der Waals surface area contributed by atoms with Gasteiger partial charge >= 0.3 is 0 Å². The number of hydrogen-bond acceptors (Lipinski definition) is 6. The third-order valence-electron chi connectivity index (χ3n) is 2.00. The molecule has 0 aliphatic heterocycles. The van der Waals surface area contributed by atoms with Crippen molar-refractivity contribution in [1.29, 1.82) is 0 Å². The predicted octanol–water partition coefficient (Wildman–Crippen LogP) is 1.10. The first kappa shape index (κ1) is 13.1. The average Bonchev–Trinajstić information content (AvgIpc) is 2.28. The van der Waals surface area contributed by atoms with Gasteiger partial charge in [0.25, 0.3) is 0 Å². The highest BCUT2D eigenvalue weighted by atomic mass is 79.9. The zero-order valence-electron chi connectivity index (χ0n) is 9.07. The molecule has 0 amide bonds. The Morgan fingerprint density at radius 1 is 1.62 bits per heavy atom. The van der Waals surface area contributed by atoms with Crippen LogP contribution < -0.4 is 16.6 Å². The van der Waals surface area contributed by atoms with Crippen molar-refractivity contribution in [2.75, 3.05) is 17.3 Å². The van der Waals surface area contributed by atoms with E-state index < -0.39 is 0 Å². The molecule has 1 atom stereocenters. The van der Waals surface area contributed by atoms with Crippen molar-refractivity contribution in [1.82, 2.24) is 9.97 Å². The summed E-state index contributed by atoms with van der Waals surface area (Å²) in [5.74, 6) is 6.14. The summed E-state index contributed by atoms with van der Waals surface area (Å²) in [4.78, 5) is 8.03. The lowest BCUT2D eigenvalue weighted by Gasteiger charge is -2.12. The fraction of sp³-hybridized carbons (Fsp3) is 0.556. The van der Waals surface area contributed by atoms with Gasteiger partial charge in [0, 0.05) is 12.7 Å². The van der Waals surface area contributed by atoms with E-state index in [0.29, 0.717) is 18.3 Å². The number of nitrogens with one attached hydrogen (secondary N) is 2. The Bertz CT molecular complexity index is 336. The minimum absolute atomic E-state index is 0.329. The summed E-state index contributed by atoms with van der Waals surface area (Å²) in [6.07, 6.45) is 2.93. The monoisotopic (exact) mass is 289 g/mol. The highest BCUT2D eigenvalue weighted by molar-refractivity contribution is 9.10. The second-order valence-electron chi connectivity index (χ2n) is 3.36. The topological polar surface area (TPSA) is 96.1 Å². The number of hydrazine groups is 1. The summed E-state index contributed by atoms with van der Waals surface area (Å²) in [7, 11) is 0. The molecule has 6 nitrogen and oxygen atoms in total. The van der Waals surface area contributed by atoms with Crippen molar-refractivity contribution >= 4 is 27.7 Å². The fourth-order valence-electron chi connectivity index (χ4n) is 1.21. The Morgan fingerprint density at radius 3 is 3.00 bits per heavy atom. The first-order valence-electron chi connectivity index (χ1n) is 5.08. The van der Waals surface area contributed by atoms with Gasteiger partial charge < -0.3 is 10.4 Å². The van der Waals surface area contributed by atoms with Gasteiger partial charge in [-0.15, -0.1) is 0 Å². The van der Waals surface area contributed by atoms with E-state index in [2.05, 4.69) is 36.6 Å². The van der Waals surface area contributed by atoms with Gasteiger partial charge in [0.2, 0.25) is 5.95 Å². The first-order valence-corrected chi connectivity index (χ1v) is 5.87. The first-order chi connectivity index (χ1) is 7.67. The number of halogens is 1. The zero-order valence-corrected chi connectivity index (χ0v) is 10.7. The summed E-state index contributed by atoms with van der Waals surface area (Å²) < 4.78 is 0.732.